The van der Waals surface area contributed by atoms with E-state index in [-0.39, 0.29) is 32.9 Å². The highest BCUT2D eigenvalue weighted by molar-refractivity contribution is 7.32. The average molecular weight is 574 g/mol. The van der Waals surface area contributed by atoms with Crippen LogP contribution in [0.1, 0.15) is 0 Å². The lowest BCUT2D eigenvalue weighted by Gasteiger charge is -2.33. The van der Waals surface area contributed by atoms with Gasteiger partial charge in [0.25, 0.3) is 0 Å². The van der Waals surface area contributed by atoms with E-state index in [1.807, 2.05) is 11.0 Å². The van der Waals surface area contributed by atoms with Crippen molar-refractivity contribution in [2.45, 2.75) is 6.10 Å². The number of aliphatic carboxylic acids is 2. The van der Waals surface area contributed by atoms with Crippen molar-refractivity contribution in [1.29, 1.82) is 0 Å². The lowest BCUT2D eigenvalue weighted by Crippen LogP contribution is -2.49. The highest BCUT2D eigenvalue weighted by Gasteiger charge is 2.22. The van der Waals surface area contributed by atoms with E-state index >= 15 is 0 Å². The van der Waals surface area contributed by atoms with E-state index in [1.165, 1.54) is 0 Å². The molecule has 1 fully saturated rings. The summed E-state index contributed by atoms with van der Waals surface area (Å²) in [4.78, 5) is 51.0. The number of carboxylic acid groups (broad SMARTS) is 2. The van der Waals surface area contributed by atoms with Gasteiger partial charge < -0.3 is 26.0 Å². The van der Waals surface area contributed by atoms with Crippen molar-refractivity contribution in [3.05, 3.63) is 30.3 Å². The zero-order valence-electron chi connectivity index (χ0n) is 21.7. The first kappa shape index (κ1) is 32.5. The number of urea groups is 1. The molecule has 16 heteroatoms. The summed E-state index contributed by atoms with van der Waals surface area (Å²) in [5, 5.41) is 34.6. The minimum atomic E-state index is -2.81. The van der Waals surface area contributed by atoms with Crippen molar-refractivity contribution < 1.29 is 43.7 Å². The van der Waals surface area contributed by atoms with Crippen molar-refractivity contribution in [2.75, 3.05) is 90.6 Å². The fraction of sp³-hybridized carbons (Fsp3) is 0.609. The third-order valence-corrected chi connectivity index (χ3v) is 6.33. The van der Waals surface area contributed by atoms with Crippen LogP contribution in [0, 0.1) is 0 Å². The fourth-order valence-corrected chi connectivity index (χ4v) is 4.25. The zero-order valence-corrected chi connectivity index (χ0v) is 22.6. The molecule has 1 heterocycles. The number of aliphatic hydroxyl groups excluding tert-OH is 1. The predicted octanol–water partition coefficient (Wildman–Crippen LogP) is -0.816. The minimum absolute atomic E-state index is 0.0189. The molecule has 0 aliphatic carbocycles. The molecule has 0 spiro atoms. The Labute approximate surface area is 227 Å². The van der Waals surface area contributed by atoms with Gasteiger partial charge in [0.05, 0.1) is 19.2 Å². The van der Waals surface area contributed by atoms with Gasteiger partial charge in [-0.15, -0.1) is 9.42 Å². The number of rotatable bonds is 12. The molecule has 39 heavy (non-hydrogen) atoms. The molecule has 1 aliphatic rings. The molecule has 2 unspecified atom stereocenters. The summed E-state index contributed by atoms with van der Waals surface area (Å²) < 4.78 is 15.8. The third-order valence-electron chi connectivity index (χ3n) is 6.00. The molecule has 15 nitrogen and oxygen atoms in total. The molecular weight excluding hydrogens is 535 g/mol. The van der Waals surface area contributed by atoms with Crippen LogP contribution in [0.2, 0.25) is 0 Å². The SMILES string of the molecule is O=C(O)CN1CCN(CO[P+](=O)O)CCN(CC(=O)O)CCN(CC(O)CNC(=O)Nc2ccccc2)CC1. The second-order valence-electron chi connectivity index (χ2n) is 9.11. The Morgan fingerprint density at radius 1 is 0.846 bits per heavy atom. The number of hydrogen-bond donors (Lipinski definition) is 6. The molecule has 0 aromatic heterocycles. The van der Waals surface area contributed by atoms with E-state index < -0.39 is 32.3 Å². The Morgan fingerprint density at radius 2 is 1.33 bits per heavy atom. The van der Waals surface area contributed by atoms with Crippen LogP contribution in [0.3, 0.4) is 0 Å². The first-order valence-corrected chi connectivity index (χ1v) is 13.6. The van der Waals surface area contributed by atoms with Gasteiger partial charge in [-0.2, -0.15) is 0 Å². The number of benzene rings is 1. The monoisotopic (exact) mass is 573 g/mol. The van der Waals surface area contributed by atoms with E-state index in [0.717, 1.165) is 0 Å². The lowest BCUT2D eigenvalue weighted by atomic mass is 10.2. The van der Waals surface area contributed by atoms with Crippen molar-refractivity contribution >= 4 is 31.9 Å². The largest absolute Gasteiger partial charge is 0.696 e. The molecule has 1 aromatic carbocycles. The summed E-state index contributed by atoms with van der Waals surface area (Å²) in [6.45, 7) is 2.37. The van der Waals surface area contributed by atoms with Crippen molar-refractivity contribution in [1.82, 2.24) is 24.9 Å². The van der Waals surface area contributed by atoms with Crippen molar-refractivity contribution in [3.8, 4) is 0 Å². The van der Waals surface area contributed by atoms with Crippen LogP contribution >= 0.6 is 8.25 Å². The quantitative estimate of drug-likeness (QED) is 0.170. The molecule has 1 aromatic rings. The molecule has 2 atom stereocenters. The number of β-amino-alcohol motifs (C(OH)–C–C–N with tert-alkyl or cyclic N) is 1. The summed E-state index contributed by atoms with van der Waals surface area (Å²) in [6, 6.07) is 8.40. The fourth-order valence-electron chi connectivity index (χ4n) is 3.99. The maximum absolute atomic E-state index is 12.2. The van der Waals surface area contributed by atoms with Gasteiger partial charge in [-0.25, -0.2) is 4.79 Å². The second kappa shape index (κ2) is 17.8. The van der Waals surface area contributed by atoms with Gasteiger partial charge in [-0.1, -0.05) is 18.2 Å². The number of carboxylic acids is 2. The normalized spacial score (nSPS) is 18.4. The number of aliphatic hydroxyl groups is 1. The summed E-state index contributed by atoms with van der Waals surface area (Å²) in [7, 11) is -2.81. The zero-order chi connectivity index (χ0) is 28.6. The summed E-state index contributed by atoms with van der Waals surface area (Å²) >= 11 is 0. The van der Waals surface area contributed by atoms with Gasteiger partial charge >= 0.3 is 26.2 Å². The second-order valence-corrected chi connectivity index (χ2v) is 9.84. The highest BCUT2D eigenvalue weighted by Crippen LogP contribution is 2.15. The van der Waals surface area contributed by atoms with Crippen LogP contribution in [0.4, 0.5) is 10.5 Å². The first-order chi connectivity index (χ1) is 18.6. The van der Waals surface area contributed by atoms with Crippen LogP contribution in [0.5, 0.6) is 0 Å². The average Bonchev–Trinajstić information content (AvgIpc) is 2.86. The molecular formula is C23H38N6O9P+. The van der Waals surface area contributed by atoms with Gasteiger partial charge in [0.15, 0.2) is 6.73 Å². The number of nitrogens with zero attached hydrogens (tertiary/aromatic N) is 4. The summed E-state index contributed by atoms with van der Waals surface area (Å²) in [5.41, 5.74) is 0.611. The van der Waals surface area contributed by atoms with E-state index in [1.54, 1.807) is 39.0 Å². The van der Waals surface area contributed by atoms with Gasteiger partial charge in [0.1, 0.15) is 0 Å². The van der Waals surface area contributed by atoms with E-state index in [0.29, 0.717) is 58.0 Å². The number of carbonyl (C=O) groups excluding carboxylic acids is 1. The highest BCUT2D eigenvalue weighted by atomic mass is 31.1. The Hall–Kier alpha value is -2.75. The Bertz CT molecular complexity index is 897. The molecule has 218 valence electrons. The van der Waals surface area contributed by atoms with Crippen LogP contribution in [0.15, 0.2) is 30.3 Å². The van der Waals surface area contributed by atoms with Gasteiger partial charge in [-0.3, -0.25) is 29.2 Å². The molecule has 2 amide bonds. The van der Waals surface area contributed by atoms with Crippen molar-refractivity contribution in [2.24, 2.45) is 0 Å². The number of amides is 2. The van der Waals surface area contributed by atoms with Crippen molar-refractivity contribution in [3.63, 3.8) is 0 Å². The van der Waals surface area contributed by atoms with Crippen LogP contribution in [0.25, 0.3) is 0 Å². The van der Waals surface area contributed by atoms with Crippen LogP contribution < -0.4 is 10.6 Å². The maximum Gasteiger partial charge on any atom is 0.696 e. The number of nitrogens with one attached hydrogen (secondary N) is 2. The Balaban J connectivity index is 2.01. The summed E-state index contributed by atoms with van der Waals surface area (Å²) in [5.74, 6) is -2.01. The van der Waals surface area contributed by atoms with Gasteiger partial charge in [-0.05, 0) is 12.1 Å². The molecule has 1 saturated heterocycles. The molecule has 0 saturated carbocycles. The Morgan fingerprint density at radius 3 is 1.82 bits per heavy atom. The maximum atomic E-state index is 12.2. The molecule has 1 aliphatic heterocycles. The lowest BCUT2D eigenvalue weighted by molar-refractivity contribution is -0.139. The van der Waals surface area contributed by atoms with Gasteiger partial charge in [0.2, 0.25) is 0 Å². The minimum Gasteiger partial charge on any atom is -0.480 e. The number of para-hydroxylation sites is 1. The number of anilines is 1. The number of hydrogen-bond acceptors (Lipinski definition) is 10. The van der Waals surface area contributed by atoms with Crippen LogP contribution in [-0.2, 0) is 18.7 Å². The topological polar surface area (TPSA) is 195 Å². The summed E-state index contributed by atoms with van der Waals surface area (Å²) in [6.07, 6.45) is -0.923. The molecule has 2 rings (SSSR count). The van der Waals surface area contributed by atoms with Gasteiger partial charge in [0, 0.05) is 75.7 Å². The van der Waals surface area contributed by atoms with E-state index in [9.17, 15) is 34.3 Å². The molecule has 0 radical (unpaired) electrons. The van der Waals surface area contributed by atoms with Crippen LogP contribution in [-0.4, -0.2) is 149 Å². The first-order valence-electron chi connectivity index (χ1n) is 12.5. The third kappa shape index (κ3) is 14.8. The van der Waals surface area contributed by atoms with E-state index in [2.05, 4.69) is 10.6 Å². The Kier molecular flexibility index (Phi) is 14.8. The number of carbonyl (C=O) groups is 3. The smallest absolute Gasteiger partial charge is 0.480 e. The predicted molar refractivity (Wildman–Crippen MR) is 141 cm³/mol. The molecule has 0 bridgehead atoms. The standard InChI is InChI=1S/C23H37N6O9P/c30-20(14-24-23(35)25-19-4-2-1-3-5-19)15-26-6-8-27(16-21(31)32)10-12-29(18-38-39(36)37)13-11-28(9-7-26)17-22(33)34/h1-5,20,30H,6-18H2,(H4-,24,25,31,32,33,34,35,36,37)/p+1. The molecule has 6 N–H and O–H groups in total. The van der Waals surface area contributed by atoms with E-state index in [4.69, 9.17) is 9.42 Å².